The first kappa shape index (κ1) is 15.7. The van der Waals surface area contributed by atoms with E-state index in [-0.39, 0.29) is 13.2 Å². The van der Waals surface area contributed by atoms with Crippen LogP contribution in [-0.4, -0.2) is 11.7 Å². The summed E-state index contributed by atoms with van der Waals surface area (Å²) in [4.78, 5) is 0. The number of aliphatic hydroxyl groups excluding tert-OH is 1. The topological polar surface area (TPSA) is 29.5 Å². The van der Waals surface area contributed by atoms with Crippen molar-refractivity contribution in [3.63, 3.8) is 0 Å². The van der Waals surface area contributed by atoms with Gasteiger partial charge in [0.15, 0.2) is 0 Å². The summed E-state index contributed by atoms with van der Waals surface area (Å²) < 4.78 is 19.0. The third-order valence-corrected chi connectivity index (χ3v) is 2.95. The molecule has 0 radical (unpaired) electrons. The molecule has 2 nitrogen and oxygen atoms in total. The first-order valence-corrected chi connectivity index (χ1v) is 6.80. The van der Waals surface area contributed by atoms with E-state index in [2.05, 4.69) is 11.8 Å². The summed E-state index contributed by atoms with van der Waals surface area (Å²) in [5, 5.41) is 9.58. The van der Waals surface area contributed by atoms with Gasteiger partial charge in [0, 0.05) is 15.6 Å². The van der Waals surface area contributed by atoms with Crippen molar-refractivity contribution in [3.8, 4) is 17.6 Å². The van der Waals surface area contributed by atoms with Gasteiger partial charge < -0.3 is 9.84 Å². The van der Waals surface area contributed by atoms with Gasteiger partial charge in [-0.25, -0.2) is 4.39 Å². The van der Waals surface area contributed by atoms with Crippen LogP contribution in [0.4, 0.5) is 4.39 Å². The maximum Gasteiger partial charge on any atom is 0.124 e. The predicted molar refractivity (Wildman–Crippen MR) is 81.2 cm³/mol. The van der Waals surface area contributed by atoms with E-state index in [0.717, 1.165) is 0 Å². The van der Waals surface area contributed by atoms with Crippen LogP contribution in [0.5, 0.6) is 5.75 Å². The van der Waals surface area contributed by atoms with Crippen molar-refractivity contribution >= 4 is 23.2 Å². The molecule has 108 valence electrons. The summed E-state index contributed by atoms with van der Waals surface area (Å²) in [7, 11) is 0. The molecule has 0 aromatic heterocycles. The summed E-state index contributed by atoms with van der Waals surface area (Å²) in [6.45, 7) is -0.119. The first-order chi connectivity index (χ1) is 10.1. The highest BCUT2D eigenvalue weighted by Crippen LogP contribution is 2.25. The molecule has 2 rings (SSSR count). The average molecular weight is 325 g/mol. The largest absolute Gasteiger partial charge is 0.489 e. The van der Waals surface area contributed by atoms with Crippen LogP contribution >= 0.6 is 23.2 Å². The number of hydrogen-bond acceptors (Lipinski definition) is 2. The van der Waals surface area contributed by atoms with Gasteiger partial charge in [-0.15, -0.1) is 0 Å². The zero-order chi connectivity index (χ0) is 15.2. The second-order valence-corrected chi connectivity index (χ2v) is 5.07. The lowest BCUT2D eigenvalue weighted by atomic mass is 10.1. The summed E-state index contributed by atoms with van der Waals surface area (Å²) in [6, 6.07) is 9.19. The van der Waals surface area contributed by atoms with Gasteiger partial charge in [0.2, 0.25) is 0 Å². The predicted octanol–water partition coefficient (Wildman–Crippen LogP) is 4.06. The van der Waals surface area contributed by atoms with Gasteiger partial charge in [0.25, 0.3) is 0 Å². The van der Waals surface area contributed by atoms with Gasteiger partial charge in [0.05, 0.1) is 0 Å². The SMILES string of the molecule is OCC#Cc1cc(F)cc(COc2cc(Cl)cc(Cl)c2)c1. The Hall–Kier alpha value is -1.73. The standard InChI is InChI=1S/C16H11Cl2FO2/c17-13-7-14(18)9-16(8-13)21-10-12-4-11(2-1-3-20)5-15(19)6-12/h4-9,20H,3,10H2. The average Bonchev–Trinajstić information content (AvgIpc) is 2.41. The van der Waals surface area contributed by atoms with Crippen LogP contribution in [0.25, 0.3) is 0 Å². The molecule has 0 saturated heterocycles. The van der Waals surface area contributed by atoms with Gasteiger partial charge in [0.1, 0.15) is 24.8 Å². The third-order valence-electron chi connectivity index (χ3n) is 2.51. The Morgan fingerprint density at radius 2 is 1.76 bits per heavy atom. The highest BCUT2D eigenvalue weighted by atomic mass is 35.5. The molecule has 0 atom stereocenters. The lowest BCUT2D eigenvalue weighted by Crippen LogP contribution is -1.97. The van der Waals surface area contributed by atoms with Crippen molar-refractivity contribution in [1.29, 1.82) is 0 Å². The van der Waals surface area contributed by atoms with Crippen LogP contribution in [-0.2, 0) is 6.61 Å². The van der Waals surface area contributed by atoms with Gasteiger partial charge in [-0.1, -0.05) is 35.0 Å². The molecular weight excluding hydrogens is 314 g/mol. The van der Waals surface area contributed by atoms with E-state index < -0.39 is 5.82 Å². The summed E-state index contributed by atoms with van der Waals surface area (Å²) in [6.07, 6.45) is 0. The second kappa shape index (κ2) is 7.33. The zero-order valence-electron chi connectivity index (χ0n) is 10.9. The maximum absolute atomic E-state index is 13.5. The Bertz CT molecular complexity index is 685. The minimum absolute atomic E-state index is 0.155. The van der Waals surface area contributed by atoms with E-state index in [1.54, 1.807) is 24.3 Å². The number of rotatable bonds is 3. The molecule has 2 aromatic rings. The molecule has 0 aliphatic rings. The number of halogens is 3. The Morgan fingerprint density at radius 3 is 2.43 bits per heavy atom. The van der Waals surface area contributed by atoms with Crippen molar-refractivity contribution in [2.24, 2.45) is 0 Å². The fourth-order valence-corrected chi connectivity index (χ4v) is 2.23. The van der Waals surface area contributed by atoms with Crippen LogP contribution in [0.15, 0.2) is 36.4 Å². The van der Waals surface area contributed by atoms with Crippen molar-refractivity contribution < 1.29 is 14.2 Å². The molecule has 2 aromatic carbocycles. The first-order valence-electron chi connectivity index (χ1n) is 6.05. The minimum Gasteiger partial charge on any atom is -0.489 e. The number of hydrogen-bond donors (Lipinski definition) is 1. The van der Waals surface area contributed by atoms with Crippen molar-refractivity contribution in [2.75, 3.05) is 6.61 Å². The molecule has 5 heteroatoms. The van der Waals surface area contributed by atoms with Gasteiger partial charge in [-0.3, -0.25) is 0 Å². The lowest BCUT2D eigenvalue weighted by molar-refractivity contribution is 0.305. The number of ether oxygens (including phenoxy) is 1. The van der Waals surface area contributed by atoms with Crippen LogP contribution in [0.1, 0.15) is 11.1 Å². The van der Waals surface area contributed by atoms with Crippen LogP contribution in [0.2, 0.25) is 10.0 Å². The van der Waals surface area contributed by atoms with Crippen LogP contribution in [0, 0.1) is 17.7 Å². The fourth-order valence-electron chi connectivity index (χ4n) is 1.73. The Kier molecular flexibility index (Phi) is 5.46. The highest BCUT2D eigenvalue weighted by molar-refractivity contribution is 6.34. The zero-order valence-corrected chi connectivity index (χ0v) is 12.4. The lowest BCUT2D eigenvalue weighted by Gasteiger charge is -2.08. The Morgan fingerprint density at radius 1 is 1.05 bits per heavy atom. The molecule has 0 bridgehead atoms. The number of benzene rings is 2. The molecular formula is C16H11Cl2FO2. The molecule has 0 heterocycles. The van der Waals surface area contributed by atoms with Gasteiger partial charge in [-0.05, 0) is 42.0 Å². The molecule has 0 fully saturated rings. The maximum atomic E-state index is 13.5. The summed E-state index contributed by atoms with van der Waals surface area (Å²) in [5.41, 5.74) is 1.10. The molecule has 0 aliphatic carbocycles. The second-order valence-electron chi connectivity index (χ2n) is 4.20. The van der Waals surface area contributed by atoms with Crippen molar-refractivity contribution in [2.45, 2.75) is 6.61 Å². The van der Waals surface area contributed by atoms with E-state index in [4.69, 9.17) is 33.0 Å². The van der Waals surface area contributed by atoms with Gasteiger partial charge in [-0.2, -0.15) is 0 Å². The Labute approximate surface area is 132 Å². The molecule has 0 saturated carbocycles. The molecule has 0 spiro atoms. The van der Waals surface area contributed by atoms with Crippen LogP contribution in [0.3, 0.4) is 0 Å². The molecule has 0 amide bonds. The Balaban J connectivity index is 2.14. The monoisotopic (exact) mass is 324 g/mol. The van der Waals surface area contributed by atoms with Crippen LogP contribution < -0.4 is 4.74 Å². The quantitative estimate of drug-likeness (QED) is 0.863. The van der Waals surface area contributed by atoms with Gasteiger partial charge >= 0.3 is 0 Å². The molecule has 0 unspecified atom stereocenters. The van der Waals surface area contributed by atoms with E-state index >= 15 is 0 Å². The molecule has 1 N–H and O–H groups in total. The fraction of sp³-hybridized carbons (Fsp3) is 0.125. The molecule has 0 aliphatic heterocycles. The normalized spacial score (nSPS) is 9.90. The smallest absolute Gasteiger partial charge is 0.124 e. The van der Waals surface area contributed by atoms with Crippen molar-refractivity contribution in [1.82, 2.24) is 0 Å². The highest BCUT2D eigenvalue weighted by Gasteiger charge is 2.03. The number of aliphatic hydroxyl groups is 1. The van der Waals surface area contributed by atoms with E-state index in [1.807, 2.05) is 0 Å². The molecule has 21 heavy (non-hydrogen) atoms. The van der Waals surface area contributed by atoms with E-state index in [9.17, 15) is 4.39 Å². The minimum atomic E-state index is -0.414. The van der Waals surface area contributed by atoms with E-state index in [1.165, 1.54) is 12.1 Å². The summed E-state index contributed by atoms with van der Waals surface area (Å²) in [5.74, 6) is 5.21. The van der Waals surface area contributed by atoms with E-state index in [0.29, 0.717) is 26.9 Å². The third kappa shape index (κ3) is 4.95. The van der Waals surface area contributed by atoms with Crippen molar-refractivity contribution in [3.05, 3.63) is 63.4 Å². The summed E-state index contributed by atoms with van der Waals surface area (Å²) >= 11 is 11.7.